The van der Waals surface area contributed by atoms with Crippen LogP contribution in [0.15, 0.2) is 34.0 Å². The summed E-state index contributed by atoms with van der Waals surface area (Å²) in [5, 5.41) is 5.08. The maximum absolute atomic E-state index is 12.8. The third kappa shape index (κ3) is 4.60. The third-order valence-corrected chi connectivity index (χ3v) is 6.77. The van der Waals surface area contributed by atoms with Crippen molar-refractivity contribution in [2.45, 2.75) is 68.1 Å². The summed E-state index contributed by atoms with van der Waals surface area (Å²) < 4.78 is 3.37. The van der Waals surface area contributed by atoms with Gasteiger partial charge in [-0.3, -0.25) is 9.36 Å². The lowest BCUT2D eigenvalue weighted by Gasteiger charge is -2.31. The lowest BCUT2D eigenvalue weighted by molar-refractivity contribution is -0.131. The van der Waals surface area contributed by atoms with Gasteiger partial charge < -0.3 is 4.90 Å². The second-order valence-electron chi connectivity index (χ2n) is 8.51. The number of thioether (sulfide) groups is 1. The van der Waals surface area contributed by atoms with Gasteiger partial charge in [-0.1, -0.05) is 26.0 Å². The molecule has 0 spiro atoms. The van der Waals surface area contributed by atoms with Crippen LogP contribution in [-0.2, 0) is 18.3 Å². The molecule has 4 rings (SSSR count). The van der Waals surface area contributed by atoms with Gasteiger partial charge in [0.2, 0.25) is 5.91 Å². The minimum absolute atomic E-state index is 0.0000768. The monoisotopic (exact) mass is 414 g/mol. The molecule has 1 saturated carbocycles. The molecule has 1 aromatic carbocycles. The molecule has 0 bridgehead atoms. The molecule has 0 N–H and O–H groups in total. The van der Waals surface area contributed by atoms with Crippen LogP contribution < -0.4 is 5.69 Å². The molecule has 1 saturated heterocycles. The molecule has 2 fully saturated rings. The molecule has 2 aliphatic rings. The van der Waals surface area contributed by atoms with Crippen molar-refractivity contribution in [2.75, 3.05) is 13.1 Å². The number of amides is 1. The van der Waals surface area contributed by atoms with Crippen LogP contribution in [0.4, 0.5) is 0 Å². The maximum Gasteiger partial charge on any atom is 0.345 e. The first-order chi connectivity index (χ1) is 13.9. The molecule has 1 aliphatic carbocycles. The highest BCUT2D eigenvalue weighted by Gasteiger charge is 2.34. The molecule has 0 atom stereocenters. The number of aromatic nitrogens is 3. The number of benzene rings is 1. The number of rotatable bonds is 6. The number of carbonyl (C=O) groups is 1. The Balaban J connectivity index is 1.34. The molecule has 29 heavy (non-hydrogen) atoms. The number of piperidine rings is 1. The van der Waals surface area contributed by atoms with Crippen LogP contribution in [0.2, 0.25) is 0 Å². The molecule has 7 heteroatoms. The van der Waals surface area contributed by atoms with Crippen LogP contribution in [0.3, 0.4) is 0 Å². The van der Waals surface area contributed by atoms with Crippen LogP contribution in [0.5, 0.6) is 0 Å². The molecular weight excluding hydrogens is 384 g/mol. The van der Waals surface area contributed by atoms with Gasteiger partial charge in [-0.15, -0.1) is 11.8 Å². The maximum atomic E-state index is 12.8. The van der Waals surface area contributed by atoms with E-state index in [-0.39, 0.29) is 17.5 Å². The van der Waals surface area contributed by atoms with Crippen LogP contribution in [0, 0.1) is 0 Å². The van der Waals surface area contributed by atoms with E-state index in [0.29, 0.717) is 17.7 Å². The fourth-order valence-corrected chi connectivity index (χ4v) is 4.92. The van der Waals surface area contributed by atoms with Gasteiger partial charge in [-0.2, -0.15) is 5.10 Å². The number of likely N-dealkylation sites (tertiary alicyclic amines) is 1. The van der Waals surface area contributed by atoms with E-state index in [9.17, 15) is 9.59 Å². The third-order valence-electron chi connectivity index (χ3n) is 5.76. The average molecular weight is 415 g/mol. The van der Waals surface area contributed by atoms with Crippen molar-refractivity contribution >= 4 is 17.7 Å². The normalized spacial score (nSPS) is 17.9. The van der Waals surface area contributed by atoms with Gasteiger partial charge in [-0.25, -0.2) is 9.48 Å². The number of hydrogen-bond donors (Lipinski definition) is 0. The molecule has 2 heterocycles. The Kier molecular flexibility index (Phi) is 5.86. The van der Waals surface area contributed by atoms with Gasteiger partial charge in [0.15, 0.2) is 0 Å². The van der Waals surface area contributed by atoms with E-state index in [4.69, 9.17) is 0 Å². The molecule has 156 valence electrons. The Morgan fingerprint density at radius 2 is 1.79 bits per heavy atom. The van der Waals surface area contributed by atoms with Crippen LogP contribution in [0.25, 0.3) is 0 Å². The van der Waals surface area contributed by atoms with Crippen LogP contribution >= 0.6 is 11.8 Å². The second kappa shape index (κ2) is 8.38. The molecule has 0 radical (unpaired) electrons. The summed E-state index contributed by atoms with van der Waals surface area (Å²) in [4.78, 5) is 28.3. The Hall–Kier alpha value is -2.02. The van der Waals surface area contributed by atoms with Crippen LogP contribution in [-0.4, -0.2) is 43.5 Å². The summed E-state index contributed by atoms with van der Waals surface area (Å²) in [6, 6.07) is 8.69. The number of aryl methyl sites for hydroxylation is 1. The van der Waals surface area contributed by atoms with Crippen molar-refractivity contribution < 1.29 is 4.79 Å². The van der Waals surface area contributed by atoms with Crippen LogP contribution in [0.1, 0.15) is 62.9 Å². The quantitative estimate of drug-likeness (QED) is 0.680. The lowest BCUT2D eigenvalue weighted by atomic mass is 9.95. The topological polar surface area (TPSA) is 60.1 Å². The SMILES string of the molecule is CC(C)Sc1ccc(CC(=O)N2CCC(c3nn(C)c(=O)n3C3CC3)CC2)cc1. The van der Waals surface area contributed by atoms with Gasteiger partial charge in [0.25, 0.3) is 0 Å². The van der Waals surface area contributed by atoms with E-state index < -0.39 is 0 Å². The van der Waals surface area contributed by atoms with Crippen molar-refractivity contribution in [1.82, 2.24) is 19.2 Å². The fourth-order valence-electron chi connectivity index (χ4n) is 4.08. The standard InChI is InChI=1S/C22H30N4O2S/c1-15(2)29-19-8-4-16(5-9-19)14-20(27)25-12-10-17(11-13-25)21-23-24(3)22(28)26(21)18-6-7-18/h4-5,8-9,15,17-18H,6-7,10-14H2,1-3H3. The smallest absolute Gasteiger partial charge is 0.342 e. The Bertz CT molecular complexity index is 919. The average Bonchev–Trinajstić information content (AvgIpc) is 3.49. The highest BCUT2D eigenvalue weighted by atomic mass is 32.2. The van der Waals surface area contributed by atoms with E-state index >= 15 is 0 Å². The molecule has 1 aliphatic heterocycles. The van der Waals surface area contributed by atoms with Gasteiger partial charge in [0.1, 0.15) is 5.82 Å². The molecular formula is C22H30N4O2S. The summed E-state index contributed by atoms with van der Waals surface area (Å²) in [6.07, 6.45) is 4.35. The number of carbonyl (C=O) groups excluding carboxylic acids is 1. The Labute approximate surface area is 176 Å². The van der Waals surface area contributed by atoms with E-state index in [0.717, 1.165) is 50.2 Å². The lowest BCUT2D eigenvalue weighted by Crippen LogP contribution is -2.39. The van der Waals surface area contributed by atoms with Crippen molar-refractivity contribution in [3.05, 3.63) is 46.1 Å². The van der Waals surface area contributed by atoms with Gasteiger partial charge in [0, 0.05) is 42.2 Å². The summed E-state index contributed by atoms with van der Waals surface area (Å²) in [5.74, 6) is 1.37. The van der Waals surface area contributed by atoms with Crippen molar-refractivity contribution in [1.29, 1.82) is 0 Å². The zero-order chi connectivity index (χ0) is 20.5. The first-order valence-electron chi connectivity index (χ1n) is 10.6. The number of nitrogens with zero attached hydrogens (tertiary/aromatic N) is 4. The van der Waals surface area contributed by atoms with Crippen molar-refractivity contribution in [2.24, 2.45) is 7.05 Å². The first-order valence-corrected chi connectivity index (χ1v) is 11.5. The zero-order valence-electron chi connectivity index (χ0n) is 17.5. The Morgan fingerprint density at radius 3 is 2.38 bits per heavy atom. The summed E-state index contributed by atoms with van der Waals surface area (Å²) in [7, 11) is 1.73. The minimum Gasteiger partial charge on any atom is -0.342 e. The highest BCUT2D eigenvalue weighted by Crippen LogP contribution is 2.37. The van der Waals surface area contributed by atoms with Gasteiger partial charge >= 0.3 is 5.69 Å². The van der Waals surface area contributed by atoms with Crippen molar-refractivity contribution in [3.63, 3.8) is 0 Å². The van der Waals surface area contributed by atoms with E-state index in [2.05, 4.69) is 43.2 Å². The largest absolute Gasteiger partial charge is 0.345 e. The fraction of sp³-hybridized carbons (Fsp3) is 0.591. The minimum atomic E-state index is 0.0000768. The van der Waals surface area contributed by atoms with Crippen molar-refractivity contribution in [3.8, 4) is 0 Å². The molecule has 2 aromatic rings. The first kappa shape index (κ1) is 20.3. The molecule has 1 aromatic heterocycles. The van der Waals surface area contributed by atoms with E-state index in [1.807, 2.05) is 21.2 Å². The van der Waals surface area contributed by atoms with E-state index in [1.54, 1.807) is 7.05 Å². The van der Waals surface area contributed by atoms with Gasteiger partial charge in [0.05, 0.1) is 6.42 Å². The predicted octanol–water partition coefficient (Wildman–Crippen LogP) is 3.37. The molecule has 1 amide bonds. The molecule has 6 nitrogen and oxygen atoms in total. The second-order valence-corrected chi connectivity index (χ2v) is 10.2. The Morgan fingerprint density at radius 1 is 1.14 bits per heavy atom. The molecule has 0 unspecified atom stereocenters. The zero-order valence-corrected chi connectivity index (χ0v) is 18.3. The highest BCUT2D eigenvalue weighted by molar-refractivity contribution is 7.99. The summed E-state index contributed by atoms with van der Waals surface area (Å²) in [6.45, 7) is 5.84. The summed E-state index contributed by atoms with van der Waals surface area (Å²) >= 11 is 1.84. The summed E-state index contributed by atoms with van der Waals surface area (Å²) in [5.41, 5.74) is 1.07. The van der Waals surface area contributed by atoms with Gasteiger partial charge in [-0.05, 0) is 43.4 Å². The number of hydrogen-bond acceptors (Lipinski definition) is 4. The predicted molar refractivity (Wildman–Crippen MR) is 115 cm³/mol. The van der Waals surface area contributed by atoms with E-state index in [1.165, 1.54) is 9.58 Å².